The molecule has 3 heteroatoms. The van der Waals surface area contributed by atoms with Crippen molar-refractivity contribution in [3.8, 4) is 0 Å². The highest BCUT2D eigenvalue weighted by Gasteiger charge is 2.30. The van der Waals surface area contributed by atoms with E-state index in [9.17, 15) is 0 Å². The van der Waals surface area contributed by atoms with Gasteiger partial charge in [0.25, 0.3) is 0 Å². The summed E-state index contributed by atoms with van der Waals surface area (Å²) in [5.74, 6) is 2.56. The van der Waals surface area contributed by atoms with E-state index in [1.54, 1.807) is 0 Å². The van der Waals surface area contributed by atoms with Crippen molar-refractivity contribution in [2.45, 2.75) is 58.9 Å². The Bertz CT molecular complexity index is 421. The van der Waals surface area contributed by atoms with Crippen LogP contribution in [-0.4, -0.2) is 12.1 Å². The second kappa shape index (κ2) is 6.93. The van der Waals surface area contributed by atoms with Crippen LogP contribution in [0.2, 0.25) is 0 Å². The summed E-state index contributed by atoms with van der Waals surface area (Å²) < 4.78 is 1.31. The van der Waals surface area contributed by atoms with Gasteiger partial charge in [0.15, 0.2) is 0 Å². The molecule has 1 nitrogen and oxygen atoms in total. The standard InChI is InChI=1S/C17H28BrNS/c1-12-5-6-13(11-19-17(2,3)4)14(9-12)10-16-15(18)7-8-20-16/h7-8,12-14,19H,5-6,9-11H2,1-4H3. The number of hydrogen-bond donors (Lipinski definition) is 1. The summed E-state index contributed by atoms with van der Waals surface area (Å²) in [6.45, 7) is 10.4. The van der Waals surface area contributed by atoms with Crippen LogP contribution in [0.4, 0.5) is 0 Å². The monoisotopic (exact) mass is 357 g/mol. The number of nitrogens with one attached hydrogen (secondary N) is 1. The molecule has 0 aromatic carbocycles. The predicted molar refractivity (Wildman–Crippen MR) is 93.5 cm³/mol. The summed E-state index contributed by atoms with van der Waals surface area (Å²) in [4.78, 5) is 1.53. The Balaban J connectivity index is 1.99. The van der Waals surface area contributed by atoms with Gasteiger partial charge in [-0.2, -0.15) is 0 Å². The number of rotatable bonds is 4. The molecule has 1 aliphatic rings. The molecule has 1 N–H and O–H groups in total. The van der Waals surface area contributed by atoms with Crippen LogP contribution in [0.3, 0.4) is 0 Å². The van der Waals surface area contributed by atoms with Gasteiger partial charge in [0, 0.05) is 14.9 Å². The smallest absolute Gasteiger partial charge is 0.0314 e. The summed E-state index contributed by atoms with van der Waals surface area (Å²) in [5, 5.41) is 5.92. The van der Waals surface area contributed by atoms with E-state index in [0.717, 1.165) is 17.8 Å². The van der Waals surface area contributed by atoms with E-state index in [1.807, 2.05) is 11.3 Å². The maximum atomic E-state index is 3.72. The molecule has 3 unspecified atom stereocenters. The van der Waals surface area contributed by atoms with Crippen LogP contribution in [-0.2, 0) is 6.42 Å². The zero-order chi connectivity index (χ0) is 14.8. The zero-order valence-electron chi connectivity index (χ0n) is 13.2. The highest BCUT2D eigenvalue weighted by atomic mass is 79.9. The lowest BCUT2D eigenvalue weighted by atomic mass is 9.73. The lowest BCUT2D eigenvalue weighted by molar-refractivity contribution is 0.174. The average molecular weight is 358 g/mol. The average Bonchev–Trinajstić information content (AvgIpc) is 2.73. The molecule has 0 aliphatic heterocycles. The van der Waals surface area contributed by atoms with Gasteiger partial charge in [-0.1, -0.05) is 13.3 Å². The lowest BCUT2D eigenvalue weighted by Crippen LogP contribution is -2.42. The number of halogens is 1. The molecule has 1 aromatic rings. The summed E-state index contributed by atoms with van der Waals surface area (Å²) >= 11 is 5.60. The minimum Gasteiger partial charge on any atom is -0.312 e. The highest BCUT2D eigenvalue weighted by molar-refractivity contribution is 9.10. The molecule has 1 saturated carbocycles. The summed E-state index contributed by atoms with van der Waals surface area (Å²) in [6, 6.07) is 2.19. The molecule has 0 amide bonds. The van der Waals surface area contributed by atoms with E-state index in [-0.39, 0.29) is 5.54 Å². The van der Waals surface area contributed by atoms with Gasteiger partial charge in [-0.25, -0.2) is 0 Å². The molecular weight excluding hydrogens is 330 g/mol. The molecule has 1 fully saturated rings. The van der Waals surface area contributed by atoms with E-state index in [4.69, 9.17) is 0 Å². The van der Waals surface area contributed by atoms with Crippen molar-refractivity contribution in [1.29, 1.82) is 0 Å². The van der Waals surface area contributed by atoms with Crippen molar-refractivity contribution in [2.24, 2.45) is 17.8 Å². The highest BCUT2D eigenvalue weighted by Crippen LogP contribution is 2.38. The van der Waals surface area contributed by atoms with Crippen LogP contribution in [0.1, 0.15) is 51.8 Å². The van der Waals surface area contributed by atoms with Gasteiger partial charge in [-0.3, -0.25) is 0 Å². The Kier molecular flexibility index (Phi) is 5.72. The second-order valence-corrected chi connectivity index (χ2v) is 9.32. The number of hydrogen-bond acceptors (Lipinski definition) is 2. The maximum absolute atomic E-state index is 3.72. The minimum atomic E-state index is 0.233. The van der Waals surface area contributed by atoms with E-state index >= 15 is 0 Å². The molecule has 1 aromatic heterocycles. The normalized spacial score (nSPS) is 27.8. The van der Waals surface area contributed by atoms with Gasteiger partial charge in [-0.15, -0.1) is 11.3 Å². The van der Waals surface area contributed by atoms with Crippen molar-refractivity contribution in [3.63, 3.8) is 0 Å². The van der Waals surface area contributed by atoms with E-state index in [2.05, 4.69) is 60.4 Å². The second-order valence-electron chi connectivity index (χ2n) is 7.47. The molecule has 1 heterocycles. The van der Waals surface area contributed by atoms with Gasteiger partial charge in [-0.05, 0) is 91.7 Å². The molecule has 114 valence electrons. The Morgan fingerprint density at radius 3 is 2.65 bits per heavy atom. The summed E-state index contributed by atoms with van der Waals surface area (Å²) in [5.41, 5.74) is 0.233. The Morgan fingerprint density at radius 2 is 2.05 bits per heavy atom. The van der Waals surface area contributed by atoms with Crippen LogP contribution in [0.25, 0.3) is 0 Å². The van der Waals surface area contributed by atoms with Crippen LogP contribution in [0.15, 0.2) is 15.9 Å². The first-order chi connectivity index (χ1) is 9.35. The molecular formula is C17H28BrNS. The third-order valence-corrected chi connectivity index (χ3v) is 6.38. The van der Waals surface area contributed by atoms with Gasteiger partial charge in [0.2, 0.25) is 0 Å². The Hall–Kier alpha value is 0.140. The van der Waals surface area contributed by atoms with Gasteiger partial charge in [0.1, 0.15) is 0 Å². The first-order valence-electron chi connectivity index (χ1n) is 7.82. The fourth-order valence-electron chi connectivity index (χ4n) is 3.23. The Labute approximate surface area is 136 Å². The molecule has 1 aliphatic carbocycles. The van der Waals surface area contributed by atoms with Crippen molar-refractivity contribution in [1.82, 2.24) is 5.32 Å². The van der Waals surface area contributed by atoms with Crippen LogP contribution >= 0.6 is 27.3 Å². The summed E-state index contributed by atoms with van der Waals surface area (Å²) in [6.07, 6.45) is 5.43. The van der Waals surface area contributed by atoms with Gasteiger partial charge in [0.05, 0.1) is 0 Å². The predicted octanol–water partition coefficient (Wildman–Crippen LogP) is 5.49. The zero-order valence-corrected chi connectivity index (χ0v) is 15.6. The third-order valence-electron chi connectivity index (χ3n) is 4.44. The quantitative estimate of drug-likeness (QED) is 0.750. The van der Waals surface area contributed by atoms with Crippen molar-refractivity contribution in [3.05, 3.63) is 20.8 Å². The minimum absolute atomic E-state index is 0.233. The first-order valence-corrected chi connectivity index (χ1v) is 9.49. The van der Waals surface area contributed by atoms with E-state index < -0.39 is 0 Å². The summed E-state index contributed by atoms with van der Waals surface area (Å²) in [7, 11) is 0. The van der Waals surface area contributed by atoms with Crippen LogP contribution in [0.5, 0.6) is 0 Å². The van der Waals surface area contributed by atoms with Crippen molar-refractivity contribution < 1.29 is 0 Å². The van der Waals surface area contributed by atoms with Gasteiger partial charge < -0.3 is 5.32 Å². The topological polar surface area (TPSA) is 12.0 Å². The fourth-order valence-corrected chi connectivity index (χ4v) is 4.83. The molecule has 2 rings (SSSR count). The fraction of sp³-hybridized carbons (Fsp3) is 0.765. The van der Waals surface area contributed by atoms with Crippen LogP contribution in [0, 0.1) is 17.8 Å². The first kappa shape index (κ1) is 16.5. The SMILES string of the molecule is CC1CCC(CNC(C)(C)C)C(Cc2sccc2Br)C1. The number of thiophene rings is 1. The lowest BCUT2D eigenvalue weighted by Gasteiger charge is -2.37. The van der Waals surface area contributed by atoms with E-state index in [0.29, 0.717) is 0 Å². The molecule has 0 radical (unpaired) electrons. The van der Waals surface area contributed by atoms with E-state index in [1.165, 1.54) is 41.6 Å². The molecule has 0 bridgehead atoms. The molecule has 3 atom stereocenters. The van der Waals surface area contributed by atoms with Gasteiger partial charge >= 0.3 is 0 Å². The van der Waals surface area contributed by atoms with Crippen LogP contribution < -0.4 is 5.32 Å². The third kappa shape index (κ3) is 4.85. The largest absolute Gasteiger partial charge is 0.312 e. The molecule has 0 saturated heterocycles. The molecule has 0 spiro atoms. The van der Waals surface area contributed by atoms with Crippen molar-refractivity contribution in [2.75, 3.05) is 6.54 Å². The maximum Gasteiger partial charge on any atom is 0.0314 e. The Morgan fingerprint density at radius 1 is 1.30 bits per heavy atom. The van der Waals surface area contributed by atoms with Crippen molar-refractivity contribution >= 4 is 27.3 Å². The molecule has 20 heavy (non-hydrogen) atoms.